The zero-order valence-electron chi connectivity index (χ0n) is 11.9. The Bertz CT molecular complexity index is 620. The monoisotopic (exact) mass is 273 g/mol. The van der Waals surface area contributed by atoms with Gasteiger partial charge in [0.1, 0.15) is 0 Å². The van der Waals surface area contributed by atoms with Crippen LogP contribution in [-0.2, 0) is 13.6 Å². The molecule has 0 spiro atoms. The molecular formula is C14H19N5O. The van der Waals surface area contributed by atoms with Gasteiger partial charge >= 0.3 is 0 Å². The zero-order chi connectivity index (χ0) is 14.7. The van der Waals surface area contributed by atoms with Gasteiger partial charge in [0.15, 0.2) is 0 Å². The van der Waals surface area contributed by atoms with Crippen LogP contribution in [-0.4, -0.2) is 29.8 Å². The number of nitrogens with one attached hydrogen (secondary N) is 1. The molecule has 3 N–H and O–H groups in total. The summed E-state index contributed by atoms with van der Waals surface area (Å²) in [7, 11) is 5.42. The maximum absolute atomic E-state index is 11.7. The van der Waals surface area contributed by atoms with E-state index in [1.165, 1.54) is 0 Å². The van der Waals surface area contributed by atoms with Crippen molar-refractivity contribution in [2.24, 2.45) is 7.05 Å². The number of aromatic nitrogens is 2. The van der Waals surface area contributed by atoms with Crippen LogP contribution in [0.3, 0.4) is 0 Å². The Morgan fingerprint density at radius 1 is 1.50 bits per heavy atom. The Kier molecular flexibility index (Phi) is 3.93. The second-order valence-electron chi connectivity index (χ2n) is 4.73. The topological polar surface area (TPSA) is 76.2 Å². The molecule has 20 heavy (non-hydrogen) atoms. The lowest BCUT2D eigenvalue weighted by atomic mass is 10.1. The van der Waals surface area contributed by atoms with E-state index in [0.29, 0.717) is 17.8 Å². The SMILES string of the molecule is CNC(=O)c1ccc(N)c(N(C)Cc2cnn(C)c2)c1. The average Bonchev–Trinajstić information content (AvgIpc) is 2.83. The first-order valence-electron chi connectivity index (χ1n) is 6.31. The summed E-state index contributed by atoms with van der Waals surface area (Å²) in [6, 6.07) is 5.26. The van der Waals surface area contributed by atoms with Crippen LogP contribution >= 0.6 is 0 Å². The van der Waals surface area contributed by atoms with Gasteiger partial charge in [0, 0.05) is 45.0 Å². The summed E-state index contributed by atoms with van der Waals surface area (Å²) in [4.78, 5) is 13.7. The highest BCUT2D eigenvalue weighted by Gasteiger charge is 2.11. The minimum Gasteiger partial charge on any atom is -0.397 e. The van der Waals surface area contributed by atoms with E-state index in [9.17, 15) is 4.79 Å². The van der Waals surface area contributed by atoms with Crippen molar-refractivity contribution in [1.29, 1.82) is 0 Å². The predicted molar refractivity (Wildman–Crippen MR) is 79.6 cm³/mol. The number of nitrogens with two attached hydrogens (primary N) is 1. The van der Waals surface area contributed by atoms with Crippen LogP contribution in [0.4, 0.5) is 11.4 Å². The van der Waals surface area contributed by atoms with Gasteiger partial charge in [0.25, 0.3) is 5.91 Å². The number of amides is 1. The van der Waals surface area contributed by atoms with Crippen molar-refractivity contribution in [3.05, 3.63) is 41.7 Å². The maximum Gasteiger partial charge on any atom is 0.251 e. The fraction of sp³-hybridized carbons (Fsp3) is 0.286. The number of aryl methyl sites for hydroxylation is 1. The van der Waals surface area contributed by atoms with Crippen molar-refractivity contribution < 1.29 is 4.79 Å². The first kappa shape index (κ1) is 13.9. The summed E-state index contributed by atoms with van der Waals surface area (Å²) >= 11 is 0. The maximum atomic E-state index is 11.7. The number of nitrogens with zero attached hydrogens (tertiary/aromatic N) is 3. The Balaban J connectivity index is 2.24. The molecule has 2 aromatic rings. The molecule has 0 aliphatic rings. The third-order valence-electron chi connectivity index (χ3n) is 3.11. The zero-order valence-corrected chi connectivity index (χ0v) is 11.9. The molecule has 1 heterocycles. The number of hydrogen-bond acceptors (Lipinski definition) is 4. The van der Waals surface area contributed by atoms with Crippen molar-refractivity contribution >= 4 is 17.3 Å². The number of carbonyl (C=O) groups excluding carboxylic acids is 1. The summed E-state index contributed by atoms with van der Waals surface area (Å²) in [5.74, 6) is -0.124. The Labute approximate surface area is 118 Å². The van der Waals surface area contributed by atoms with Gasteiger partial charge in [0.05, 0.1) is 17.6 Å². The number of rotatable bonds is 4. The Morgan fingerprint density at radius 3 is 2.85 bits per heavy atom. The van der Waals surface area contributed by atoms with Crippen LogP contribution in [0, 0.1) is 0 Å². The smallest absolute Gasteiger partial charge is 0.251 e. The molecule has 0 aliphatic heterocycles. The quantitative estimate of drug-likeness (QED) is 0.815. The van der Waals surface area contributed by atoms with Crippen molar-refractivity contribution in [1.82, 2.24) is 15.1 Å². The lowest BCUT2D eigenvalue weighted by molar-refractivity contribution is 0.0963. The van der Waals surface area contributed by atoms with Crippen LogP contribution in [0.15, 0.2) is 30.6 Å². The first-order valence-corrected chi connectivity index (χ1v) is 6.31. The van der Waals surface area contributed by atoms with E-state index in [4.69, 9.17) is 5.73 Å². The van der Waals surface area contributed by atoms with Gasteiger partial charge in [-0.15, -0.1) is 0 Å². The number of nitrogen functional groups attached to an aromatic ring is 1. The summed E-state index contributed by atoms with van der Waals surface area (Å²) in [5.41, 5.74) is 9.14. The molecule has 2 rings (SSSR count). The van der Waals surface area contributed by atoms with E-state index in [1.54, 1.807) is 29.9 Å². The van der Waals surface area contributed by atoms with Crippen LogP contribution in [0.2, 0.25) is 0 Å². The van der Waals surface area contributed by atoms with Crippen molar-refractivity contribution in [2.75, 3.05) is 24.7 Å². The number of anilines is 2. The van der Waals surface area contributed by atoms with E-state index in [0.717, 1.165) is 11.3 Å². The molecule has 1 aromatic heterocycles. The lowest BCUT2D eigenvalue weighted by Gasteiger charge is -2.21. The summed E-state index contributed by atoms with van der Waals surface area (Å²) < 4.78 is 1.76. The molecule has 1 amide bonds. The third kappa shape index (κ3) is 2.90. The molecule has 0 saturated heterocycles. The van der Waals surface area contributed by atoms with Gasteiger partial charge < -0.3 is 16.0 Å². The normalized spacial score (nSPS) is 10.3. The van der Waals surface area contributed by atoms with Gasteiger partial charge in [-0.2, -0.15) is 5.10 Å². The highest BCUT2D eigenvalue weighted by molar-refractivity contribution is 5.96. The first-order chi connectivity index (χ1) is 9.51. The molecular weight excluding hydrogens is 254 g/mol. The number of carbonyl (C=O) groups is 1. The van der Waals surface area contributed by atoms with Crippen molar-refractivity contribution in [3.8, 4) is 0 Å². The van der Waals surface area contributed by atoms with Gasteiger partial charge in [-0.05, 0) is 18.2 Å². The van der Waals surface area contributed by atoms with Crippen molar-refractivity contribution in [3.63, 3.8) is 0 Å². The molecule has 0 unspecified atom stereocenters. The van der Waals surface area contributed by atoms with Crippen LogP contribution in [0.1, 0.15) is 15.9 Å². The molecule has 1 aromatic carbocycles. The van der Waals surface area contributed by atoms with E-state index < -0.39 is 0 Å². The van der Waals surface area contributed by atoms with Gasteiger partial charge in [-0.25, -0.2) is 0 Å². The number of hydrogen-bond donors (Lipinski definition) is 2. The summed E-state index contributed by atoms with van der Waals surface area (Å²) in [5, 5.41) is 6.75. The predicted octanol–water partition coefficient (Wildman–Crippen LogP) is 0.998. The van der Waals surface area contributed by atoms with Crippen LogP contribution < -0.4 is 16.0 Å². The molecule has 6 nitrogen and oxygen atoms in total. The molecule has 0 bridgehead atoms. The fourth-order valence-electron chi connectivity index (χ4n) is 2.07. The van der Waals surface area contributed by atoms with E-state index in [2.05, 4.69) is 10.4 Å². The molecule has 0 radical (unpaired) electrons. The molecule has 0 atom stereocenters. The fourth-order valence-corrected chi connectivity index (χ4v) is 2.07. The molecule has 0 saturated carbocycles. The van der Waals surface area contributed by atoms with E-state index in [-0.39, 0.29) is 5.91 Å². The minimum atomic E-state index is -0.124. The lowest BCUT2D eigenvalue weighted by Crippen LogP contribution is -2.21. The molecule has 6 heteroatoms. The van der Waals surface area contributed by atoms with Gasteiger partial charge in [-0.1, -0.05) is 0 Å². The largest absolute Gasteiger partial charge is 0.397 e. The highest BCUT2D eigenvalue weighted by Crippen LogP contribution is 2.25. The Hall–Kier alpha value is -2.50. The van der Waals surface area contributed by atoms with Crippen LogP contribution in [0.25, 0.3) is 0 Å². The number of benzene rings is 1. The summed E-state index contributed by atoms with van der Waals surface area (Å²) in [6.07, 6.45) is 3.77. The van der Waals surface area contributed by atoms with Gasteiger partial charge in [-0.3, -0.25) is 9.48 Å². The standard InChI is InChI=1S/C14H19N5O/c1-16-14(20)11-4-5-12(15)13(6-11)18(2)8-10-7-17-19(3)9-10/h4-7,9H,8,15H2,1-3H3,(H,16,20). The molecule has 0 fully saturated rings. The van der Waals surface area contributed by atoms with E-state index >= 15 is 0 Å². The second kappa shape index (κ2) is 5.64. The second-order valence-corrected chi connectivity index (χ2v) is 4.73. The van der Waals surface area contributed by atoms with E-state index in [1.807, 2.05) is 31.4 Å². The van der Waals surface area contributed by atoms with Crippen molar-refractivity contribution in [2.45, 2.75) is 6.54 Å². The third-order valence-corrected chi connectivity index (χ3v) is 3.11. The van der Waals surface area contributed by atoms with Gasteiger partial charge in [0.2, 0.25) is 0 Å². The molecule has 0 aliphatic carbocycles. The van der Waals surface area contributed by atoms with Crippen LogP contribution in [0.5, 0.6) is 0 Å². The summed E-state index contributed by atoms with van der Waals surface area (Å²) in [6.45, 7) is 0.676. The Morgan fingerprint density at radius 2 is 2.25 bits per heavy atom. The minimum absolute atomic E-state index is 0.124. The highest BCUT2D eigenvalue weighted by atomic mass is 16.1. The average molecular weight is 273 g/mol. The molecule has 106 valence electrons.